The Hall–Kier alpha value is -2.23. The van der Waals surface area contributed by atoms with Crippen LogP contribution in [0.4, 0.5) is 5.00 Å². The number of carbonyl (C=O) groups excluding carboxylic acids is 1. The van der Waals surface area contributed by atoms with Crippen molar-refractivity contribution in [3.8, 4) is 11.1 Å². The van der Waals surface area contributed by atoms with E-state index in [2.05, 4.69) is 31.7 Å². The van der Waals surface area contributed by atoms with Gasteiger partial charge in [0.15, 0.2) is 5.11 Å². The molecule has 3 rings (SSSR count). The third-order valence-corrected chi connectivity index (χ3v) is 7.30. The van der Waals surface area contributed by atoms with E-state index >= 15 is 0 Å². The Morgan fingerprint density at radius 3 is 2.58 bits per heavy atom. The van der Waals surface area contributed by atoms with E-state index in [1.807, 2.05) is 55.8 Å². The molecule has 0 aliphatic carbocycles. The lowest BCUT2D eigenvalue weighted by atomic mass is 10.0. The standard InChI is InChI=1S/C22H25BrN4O2S2/c1-13-19(23)14(2)27(26-13)12-8-11-24-22(30)25-20-18(21(28)29-4)17(15(3)31-20)16-9-6-5-7-10-16/h5-7,9-10H,8,11-12H2,1-4H3,(H2,24,25,30). The van der Waals surface area contributed by atoms with Crippen LogP contribution in [0.5, 0.6) is 0 Å². The summed E-state index contributed by atoms with van der Waals surface area (Å²) in [6.45, 7) is 7.49. The molecule has 2 aromatic heterocycles. The van der Waals surface area contributed by atoms with Crippen LogP contribution < -0.4 is 10.6 Å². The molecule has 0 bridgehead atoms. The van der Waals surface area contributed by atoms with Gasteiger partial charge in [0.2, 0.25) is 0 Å². The summed E-state index contributed by atoms with van der Waals surface area (Å²) in [6.07, 6.45) is 0.860. The van der Waals surface area contributed by atoms with Crippen LogP contribution in [0.1, 0.15) is 33.0 Å². The van der Waals surface area contributed by atoms with Crippen molar-refractivity contribution in [3.05, 3.63) is 56.6 Å². The lowest BCUT2D eigenvalue weighted by molar-refractivity contribution is 0.0603. The number of aromatic nitrogens is 2. The third kappa shape index (κ3) is 5.34. The van der Waals surface area contributed by atoms with Gasteiger partial charge in [0.05, 0.1) is 17.3 Å². The topological polar surface area (TPSA) is 68.2 Å². The number of methoxy groups -OCH3 is 1. The number of esters is 1. The number of anilines is 1. The highest BCUT2D eigenvalue weighted by Crippen LogP contribution is 2.40. The number of halogens is 1. The number of benzene rings is 1. The quantitative estimate of drug-likeness (QED) is 0.245. The number of thiocarbonyl (C=S) groups is 1. The summed E-state index contributed by atoms with van der Waals surface area (Å²) in [5.74, 6) is -0.386. The minimum absolute atomic E-state index is 0.386. The number of rotatable bonds is 7. The van der Waals surface area contributed by atoms with Gasteiger partial charge in [-0.15, -0.1) is 11.3 Å². The predicted octanol–water partition coefficient (Wildman–Crippen LogP) is 5.46. The molecule has 0 fully saturated rings. The Morgan fingerprint density at radius 1 is 1.26 bits per heavy atom. The van der Waals surface area contributed by atoms with E-state index in [0.29, 0.717) is 22.2 Å². The number of hydrogen-bond donors (Lipinski definition) is 2. The fraction of sp³-hybridized carbons (Fsp3) is 0.318. The minimum atomic E-state index is -0.386. The summed E-state index contributed by atoms with van der Waals surface area (Å²) in [7, 11) is 1.39. The highest BCUT2D eigenvalue weighted by Gasteiger charge is 2.24. The summed E-state index contributed by atoms with van der Waals surface area (Å²) in [5, 5.41) is 12.1. The fourth-order valence-corrected chi connectivity index (χ4v) is 4.97. The van der Waals surface area contributed by atoms with Crippen LogP contribution in [-0.2, 0) is 11.3 Å². The van der Waals surface area contributed by atoms with Crippen LogP contribution in [0.3, 0.4) is 0 Å². The van der Waals surface area contributed by atoms with Crippen molar-refractivity contribution in [1.29, 1.82) is 0 Å². The van der Waals surface area contributed by atoms with Gasteiger partial charge in [-0.25, -0.2) is 4.79 Å². The molecule has 0 atom stereocenters. The Labute approximate surface area is 200 Å². The van der Waals surface area contributed by atoms with Crippen molar-refractivity contribution in [1.82, 2.24) is 15.1 Å². The molecule has 0 saturated heterocycles. The molecular formula is C22H25BrN4O2S2. The molecule has 0 aliphatic heterocycles. The van der Waals surface area contributed by atoms with Crippen molar-refractivity contribution >= 4 is 55.6 Å². The first-order valence-corrected chi connectivity index (χ1v) is 11.9. The first-order chi connectivity index (χ1) is 14.8. The van der Waals surface area contributed by atoms with Crippen LogP contribution in [0, 0.1) is 20.8 Å². The molecule has 164 valence electrons. The normalized spacial score (nSPS) is 10.7. The second-order valence-corrected chi connectivity index (χ2v) is 9.46. The highest BCUT2D eigenvalue weighted by atomic mass is 79.9. The van der Waals surface area contributed by atoms with Crippen molar-refractivity contribution in [2.24, 2.45) is 0 Å². The van der Waals surface area contributed by atoms with E-state index in [1.54, 1.807) is 0 Å². The van der Waals surface area contributed by atoms with Gasteiger partial charge in [0.25, 0.3) is 0 Å². The van der Waals surface area contributed by atoms with E-state index < -0.39 is 0 Å². The van der Waals surface area contributed by atoms with Gasteiger partial charge < -0.3 is 15.4 Å². The highest BCUT2D eigenvalue weighted by molar-refractivity contribution is 9.10. The summed E-state index contributed by atoms with van der Waals surface area (Å²) >= 11 is 10.5. The molecule has 6 nitrogen and oxygen atoms in total. The summed E-state index contributed by atoms with van der Waals surface area (Å²) in [4.78, 5) is 13.6. The maximum absolute atomic E-state index is 12.6. The van der Waals surface area contributed by atoms with Gasteiger partial charge in [-0.1, -0.05) is 30.3 Å². The molecule has 0 radical (unpaired) electrons. The Kier molecular flexibility index (Phi) is 7.85. The zero-order chi connectivity index (χ0) is 22.5. The van der Waals surface area contributed by atoms with E-state index in [-0.39, 0.29) is 5.97 Å². The molecule has 0 amide bonds. The van der Waals surface area contributed by atoms with E-state index in [0.717, 1.165) is 44.8 Å². The number of carbonyl (C=O) groups is 1. The van der Waals surface area contributed by atoms with Crippen LogP contribution in [0.25, 0.3) is 11.1 Å². The van der Waals surface area contributed by atoms with Crippen molar-refractivity contribution in [2.45, 2.75) is 33.7 Å². The summed E-state index contributed by atoms with van der Waals surface area (Å²) < 4.78 is 8.09. The van der Waals surface area contributed by atoms with Crippen LogP contribution in [-0.4, -0.2) is 34.5 Å². The summed E-state index contributed by atoms with van der Waals surface area (Å²) in [5.41, 5.74) is 4.45. The predicted molar refractivity (Wildman–Crippen MR) is 134 cm³/mol. The monoisotopic (exact) mass is 520 g/mol. The zero-order valence-corrected chi connectivity index (χ0v) is 21.1. The number of nitrogens with zero attached hydrogens (tertiary/aromatic N) is 2. The third-order valence-electron chi connectivity index (χ3n) is 4.89. The zero-order valence-electron chi connectivity index (χ0n) is 17.9. The smallest absolute Gasteiger partial charge is 0.341 e. The lowest BCUT2D eigenvalue weighted by Crippen LogP contribution is -2.30. The maximum atomic E-state index is 12.6. The van der Waals surface area contributed by atoms with Crippen LogP contribution in [0.2, 0.25) is 0 Å². The largest absolute Gasteiger partial charge is 0.465 e. The first kappa shape index (κ1) is 23.4. The molecule has 1 aromatic carbocycles. The van der Waals surface area contributed by atoms with Gasteiger partial charge in [-0.05, 0) is 60.9 Å². The Morgan fingerprint density at radius 2 is 1.97 bits per heavy atom. The Balaban J connectivity index is 1.67. The van der Waals surface area contributed by atoms with E-state index in [9.17, 15) is 4.79 Å². The molecule has 0 aliphatic rings. The number of thiophene rings is 1. The molecule has 0 spiro atoms. The molecule has 3 aromatic rings. The molecule has 2 N–H and O–H groups in total. The summed E-state index contributed by atoms with van der Waals surface area (Å²) in [6, 6.07) is 9.83. The van der Waals surface area contributed by atoms with Crippen LogP contribution in [0.15, 0.2) is 34.8 Å². The van der Waals surface area contributed by atoms with Crippen molar-refractivity contribution < 1.29 is 9.53 Å². The van der Waals surface area contributed by atoms with Crippen molar-refractivity contribution in [3.63, 3.8) is 0 Å². The number of aryl methyl sites for hydroxylation is 3. The van der Waals surface area contributed by atoms with Gasteiger partial charge >= 0.3 is 5.97 Å². The molecule has 9 heteroatoms. The van der Waals surface area contributed by atoms with Gasteiger partial charge in [0, 0.05) is 29.2 Å². The second kappa shape index (κ2) is 10.4. The second-order valence-electron chi connectivity index (χ2n) is 7.04. The van der Waals surface area contributed by atoms with Gasteiger partial charge in [-0.2, -0.15) is 5.10 Å². The average Bonchev–Trinajstić information content (AvgIpc) is 3.21. The van der Waals surface area contributed by atoms with Crippen molar-refractivity contribution in [2.75, 3.05) is 19.0 Å². The van der Waals surface area contributed by atoms with E-state index in [4.69, 9.17) is 17.0 Å². The minimum Gasteiger partial charge on any atom is -0.465 e. The number of ether oxygens (including phenoxy) is 1. The first-order valence-electron chi connectivity index (χ1n) is 9.85. The lowest BCUT2D eigenvalue weighted by Gasteiger charge is -2.12. The molecular weight excluding hydrogens is 496 g/mol. The maximum Gasteiger partial charge on any atom is 0.341 e. The number of nitrogens with one attached hydrogen (secondary N) is 2. The van der Waals surface area contributed by atoms with Gasteiger partial charge in [-0.3, -0.25) is 4.68 Å². The SMILES string of the molecule is COC(=O)c1c(NC(=S)NCCCn2nc(C)c(Br)c2C)sc(C)c1-c1ccccc1. The molecule has 31 heavy (non-hydrogen) atoms. The Bertz CT molecular complexity index is 1090. The van der Waals surface area contributed by atoms with Gasteiger partial charge in [0.1, 0.15) is 10.6 Å². The van der Waals surface area contributed by atoms with Crippen LogP contribution >= 0.6 is 39.5 Å². The molecule has 0 unspecified atom stereocenters. The fourth-order valence-electron chi connectivity index (χ4n) is 3.35. The average molecular weight is 522 g/mol. The number of hydrogen-bond acceptors (Lipinski definition) is 5. The van der Waals surface area contributed by atoms with E-state index in [1.165, 1.54) is 18.4 Å². The molecule has 0 saturated carbocycles. The molecule has 2 heterocycles.